The minimum Gasteiger partial charge on any atom is -0.316 e. The van der Waals surface area contributed by atoms with Gasteiger partial charge < -0.3 is 5.32 Å². The Morgan fingerprint density at radius 1 is 1.42 bits per heavy atom. The third-order valence-corrected chi connectivity index (χ3v) is 1.99. The fourth-order valence-corrected chi connectivity index (χ4v) is 1.36. The lowest BCUT2D eigenvalue weighted by atomic mass is 10.00. The van der Waals surface area contributed by atoms with Crippen LogP contribution >= 0.6 is 0 Å². The number of hydrogen-bond donors (Lipinski definition) is 2. The Labute approximate surface area is 69.5 Å². The fraction of sp³-hybridized carbons (Fsp3) is 1.00. The molecule has 0 radical (unpaired) electrons. The molecule has 0 aromatic carbocycles. The number of hydrogen-bond acceptors (Lipinski definition) is 2. The molecule has 0 unspecified atom stereocenters. The van der Waals surface area contributed by atoms with Crippen LogP contribution in [0.25, 0.3) is 0 Å². The molecule has 2 nitrogen and oxygen atoms in total. The van der Waals surface area contributed by atoms with Gasteiger partial charge in [-0.15, -0.1) is 0 Å². The molecule has 0 aliphatic carbocycles. The van der Waals surface area contributed by atoms with Crippen LogP contribution in [0.2, 0.25) is 0 Å². The summed E-state index contributed by atoms with van der Waals surface area (Å²) in [5.41, 5.74) is 0. The van der Waals surface area contributed by atoms with E-state index in [4.69, 9.17) is 0 Å². The Morgan fingerprint density at radius 3 is 2.67 bits per heavy atom. The van der Waals surface area contributed by atoms with E-state index in [2.05, 4.69) is 5.32 Å². The summed E-state index contributed by atoms with van der Waals surface area (Å²) in [5, 5.41) is 4.62. The second-order valence-corrected chi connectivity index (χ2v) is 3.09. The van der Waals surface area contributed by atoms with Crippen LogP contribution in [-0.2, 0) is 0 Å². The first-order chi connectivity index (χ1) is 5.58. The average molecular weight is 182 g/mol. The van der Waals surface area contributed by atoms with Gasteiger partial charge in [0.2, 0.25) is 0 Å². The lowest BCUT2D eigenvalue weighted by Gasteiger charge is -2.23. The Morgan fingerprint density at radius 2 is 2.17 bits per heavy atom. The first-order valence-electron chi connectivity index (χ1n) is 4.10. The highest BCUT2D eigenvalue weighted by Gasteiger charge is 2.27. The van der Waals surface area contributed by atoms with E-state index in [0.717, 1.165) is 19.4 Å². The molecule has 1 atom stereocenters. The van der Waals surface area contributed by atoms with E-state index in [0.29, 0.717) is 6.54 Å². The van der Waals surface area contributed by atoms with E-state index in [9.17, 15) is 13.2 Å². The highest BCUT2D eigenvalue weighted by molar-refractivity contribution is 4.71. The number of nitrogens with one attached hydrogen (secondary N) is 2. The van der Waals surface area contributed by atoms with Gasteiger partial charge in [-0.3, -0.25) is 0 Å². The van der Waals surface area contributed by atoms with Crippen LogP contribution in [0.5, 0.6) is 0 Å². The molecule has 0 spiro atoms. The second kappa shape index (κ2) is 4.09. The van der Waals surface area contributed by atoms with Crippen LogP contribution in [0, 0.1) is 5.92 Å². The van der Waals surface area contributed by atoms with Crippen LogP contribution in [0.4, 0.5) is 13.2 Å². The summed E-state index contributed by atoms with van der Waals surface area (Å²) in [4.78, 5) is 0. The van der Waals surface area contributed by atoms with Crippen molar-refractivity contribution in [2.45, 2.75) is 19.1 Å². The van der Waals surface area contributed by atoms with Gasteiger partial charge in [0.1, 0.15) is 0 Å². The number of rotatable bonds is 2. The van der Waals surface area contributed by atoms with Crippen molar-refractivity contribution >= 4 is 0 Å². The van der Waals surface area contributed by atoms with Gasteiger partial charge in [0, 0.05) is 6.54 Å². The molecule has 0 aromatic heterocycles. The minimum absolute atomic E-state index is 0.0382. The third-order valence-electron chi connectivity index (χ3n) is 1.99. The molecule has 5 heteroatoms. The van der Waals surface area contributed by atoms with Crippen molar-refractivity contribution in [3.05, 3.63) is 0 Å². The topological polar surface area (TPSA) is 24.1 Å². The van der Waals surface area contributed by atoms with E-state index in [1.54, 1.807) is 5.32 Å². The Bertz CT molecular complexity index is 129. The molecule has 1 fully saturated rings. The lowest BCUT2D eigenvalue weighted by Crippen LogP contribution is -2.41. The molecule has 1 heterocycles. The summed E-state index contributed by atoms with van der Waals surface area (Å²) in [6.07, 6.45) is -2.36. The van der Waals surface area contributed by atoms with Gasteiger partial charge in [0.25, 0.3) is 0 Å². The predicted octanol–water partition coefficient (Wildman–Crippen LogP) is 1.10. The van der Waals surface area contributed by atoms with Crippen LogP contribution < -0.4 is 10.6 Å². The maximum atomic E-state index is 11.7. The van der Waals surface area contributed by atoms with Crippen LogP contribution in [-0.4, -0.2) is 25.9 Å². The normalized spacial score (nSPS) is 25.8. The molecule has 2 N–H and O–H groups in total. The molecule has 0 saturated carbocycles. The van der Waals surface area contributed by atoms with Crippen molar-refractivity contribution in [3.63, 3.8) is 0 Å². The van der Waals surface area contributed by atoms with Gasteiger partial charge in [0.15, 0.2) is 0 Å². The largest absolute Gasteiger partial charge is 0.457 e. The van der Waals surface area contributed by atoms with Crippen molar-refractivity contribution in [3.8, 4) is 0 Å². The monoisotopic (exact) mass is 182 g/mol. The van der Waals surface area contributed by atoms with Crippen molar-refractivity contribution in [1.82, 2.24) is 10.6 Å². The van der Waals surface area contributed by atoms with E-state index in [1.165, 1.54) is 0 Å². The maximum Gasteiger partial charge on any atom is 0.457 e. The Kier molecular flexibility index (Phi) is 3.34. The van der Waals surface area contributed by atoms with Gasteiger partial charge >= 0.3 is 6.30 Å². The Hall–Kier alpha value is -0.290. The molecular weight excluding hydrogens is 169 g/mol. The highest BCUT2D eigenvalue weighted by Crippen LogP contribution is 2.13. The average Bonchev–Trinajstić information content (AvgIpc) is 2.02. The lowest BCUT2D eigenvalue weighted by molar-refractivity contribution is -0.158. The first kappa shape index (κ1) is 9.80. The van der Waals surface area contributed by atoms with Gasteiger partial charge in [0.05, 0.1) is 0 Å². The first-order valence-corrected chi connectivity index (χ1v) is 4.10. The molecule has 0 bridgehead atoms. The summed E-state index contributed by atoms with van der Waals surface area (Å²) in [6, 6.07) is 0. The Balaban J connectivity index is 2.13. The van der Waals surface area contributed by atoms with Gasteiger partial charge in [-0.2, -0.15) is 13.2 Å². The standard InChI is InChI=1S/C7H13F3N2/c8-7(9,10)12-5-6-2-1-3-11-4-6/h6,11-12H,1-5H2/t6-/m0/s1. The zero-order valence-corrected chi connectivity index (χ0v) is 6.75. The summed E-state index contributed by atoms with van der Waals surface area (Å²) >= 11 is 0. The molecule has 1 aliphatic rings. The molecule has 0 amide bonds. The molecule has 72 valence electrons. The SMILES string of the molecule is FC(F)(F)NC[C@H]1CCCNC1. The quantitative estimate of drug-likeness (QED) is 0.625. The second-order valence-electron chi connectivity index (χ2n) is 3.09. The molecule has 1 aliphatic heterocycles. The molecule has 1 rings (SSSR count). The smallest absolute Gasteiger partial charge is 0.316 e. The number of piperidine rings is 1. The van der Waals surface area contributed by atoms with Crippen molar-refractivity contribution in [2.24, 2.45) is 5.92 Å². The minimum atomic E-state index is -4.22. The third kappa shape index (κ3) is 3.92. The van der Waals surface area contributed by atoms with E-state index < -0.39 is 6.30 Å². The molecular formula is C7H13F3N2. The number of halogens is 3. The van der Waals surface area contributed by atoms with Crippen molar-refractivity contribution in [2.75, 3.05) is 19.6 Å². The van der Waals surface area contributed by atoms with Crippen LogP contribution in [0.1, 0.15) is 12.8 Å². The van der Waals surface area contributed by atoms with E-state index in [1.807, 2.05) is 0 Å². The van der Waals surface area contributed by atoms with Gasteiger partial charge in [-0.1, -0.05) is 0 Å². The van der Waals surface area contributed by atoms with Crippen LogP contribution in [0.15, 0.2) is 0 Å². The number of alkyl halides is 3. The summed E-state index contributed by atoms with van der Waals surface area (Å²) < 4.78 is 35.0. The summed E-state index contributed by atoms with van der Waals surface area (Å²) in [7, 11) is 0. The fourth-order valence-electron chi connectivity index (χ4n) is 1.36. The zero-order valence-electron chi connectivity index (χ0n) is 6.75. The molecule has 1 saturated heterocycles. The van der Waals surface area contributed by atoms with E-state index >= 15 is 0 Å². The predicted molar refractivity (Wildman–Crippen MR) is 39.7 cm³/mol. The molecule has 12 heavy (non-hydrogen) atoms. The van der Waals surface area contributed by atoms with Crippen molar-refractivity contribution < 1.29 is 13.2 Å². The zero-order chi connectivity index (χ0) is 9.03. The molecule has 0 aromatic rings. The summed E-state index contributed by atoms with van der Waals surface area (Å²) in [5.74, 6) is 0.125. The van der Waals surface area contributed by atoms with Crippen molar-refractivity contribution in [1.29, 1.82) is 0 Å². The highest BCUT2D eigenvalue weighted by atomic mass is 19.4. The van der Waals surface area contributed by atoms with E-state index in [-0.39, 0.29) is 12.5 Å². The summed E-state index contributed by atoms with van der Waals surface area (Å²) in [6.45, 7) is 1.67. The van der Waals surface area contributed by atoms with Gasteiger partial charge in [-0.25, -0.2) is 5.32 Å². The van der Waals surface area contributed by atoms with Gasteiger partial charge in [-0.05, 0) is 31.8 Å². The maximum absolute atomic E-state index is 11.7. The van der Waals surface area contributed by atoms with Crippen LogP contribution in [0.3, 0.4) is 0 Å².